The van der Waals surface area contributed by atoms with E-state index in [-0.39, 0.29) is 5.91 Å². The summed E-state index contributed by atoms with van der Waals surface area (Å²) in [6.07, 6.45) is 12.1. The molecule has 1 atom stereocenters. The molecule has 3 nitrogen and oxygen atoms in total. The minimum atomic E-state index is 0.0823. The number of benzene rings is 2. The summed E-state index contributed by atoms with van der Waals surface area (Å²) < 4.78 is 0. The van der Waals surface area contributed by atoms with Crippen LogP contribution in [-0.2, 0) is 6.54 Å². The number of amides is 1. The van der Waals surface area contributed by atoms with Crippen molar-refractivity contribution in [1.82, 2.24) is 10.0 Å². The highest BCUT2D eigenvalue weighted by molar-refractivity contribution is 5.94. The number of hydrogen-bond donors (Lipinski definition) is 0. The fraction of sp³-hybridized carbons (Fsp3) is 0.444. The van der Waals surface area contributed by atoms with Gasteiger partial charge in [0.25, 0.3) is 5.91 Å². The summed E-state index contributed by atoms with van der Waals surface area (Å²) in [5.74, 6) is 0.720. The molecule has 0 saturated heterocycles. The summed E-state index contributed by atoms with van der Waals surface area (Å²) in [7, 11) is 0. The van der Waals surface area contributed by atoms with Crippen molar-refractivity contribution in [1.29, 1.82) is 0 Å². The van der Waals surface area contributed by atoms with Gasteiger partial charge in [-0.1, -0.05) is 81.1 Å². The molecule has 3 heteroatoms. The molecule has 0 spiro atoms. The topological polar surface area (TPSA) is 23.6 Å². The Bertz CT molecular complexity index is 840. The van der Waals surface area contributed by atoms with Crippen LogP contribution in [0.25, 0.3) is 0 Å². The fourth-order valence-electron chi connectivity index (χ4n) is 5.06. The monoisotopic (exact) mass is 402 g/mol. The van der Waals surface area contributed by atoms with E-state index in [0.29, 0.717) is 12.0 Å². The van der Waals surface area contributed by atoms with Gasteiger partial charge in [-0.25, -0.2) is 10.0 Å². The molecular formula is C27H34N2O. The van der Waals surface area contributed by atoms with Crippen LogP contribution in [0.2, 0.25) is 0 Å². The molecule has 158 valence electrons. The van der Waals surface area contributed by atoms with Gasteiger partial charge in [0.15, 0.2) is 0 Å². The number of carbonyl (C=O) groups excluding carboxylic acids is 1. The van der Waals surface area contributed by atoms with E-state index in [4.69, 9.17) is 0 Å². The predicted molar refractivity (Wildman–Crippen MR) is 123 cm³/mol. The maximum atomic E-state index is 13.5. The van der Waals surface area contributed by atoms with Crippen molar-refractivity contribution in [3.05, 3.63) is 83.6 Å². The Morgan fingerprint density at radius 1 is 0.933 bits per heavy atom. The standard InChI is InChI=1S/C27H34N2O/c1-2-3-15-25-21-29(27(30)24-18-11-6-12-19-24)28(20-22-13-7-4-8-14-22)26(25)23-16-9-5-10-17-23/h4,6-8,11-14,18-19,21,23,26H,2-3,5,9-10,15-17,20H2,1H3/t26-/m1/s1. The molecule has 0 aromatic heterocycles. The molecule has 0 N–H and O–H groups in total. The molecule has 0 radical (unpaired) electrons. The quantitative estimate of drug-likeness (QED) is 0.522. The molecule has 0 bridgehead atoms. The molecule has 0 unspecified atom stereocenters. The smallest absolute Gasteiger partial charge is 0.267 e. The predicted octanol–water partition coefficient (Wildman–Crippen LogP) is 6.58. The second-order valence-electron chi connectivity index (χ2n) is 8.75. The van der Waals surface area contributed by atoms with Gasteiger partial charge >= 0.3 is 0 Å². The van der Waals surface area contributed by atoms with Crippen molar-refractivity contribution < 1.29 is 4.79 Å². The minimum absolute atomic E-state index is 0.0823. The van der Waals surface area contributed by atoms with Crippen LogP contribution in [0, 0.1) is 5.92 Å². The Kier molecular flexibility index (Phi) is 7.01. The molecule has 2 aromatic rings. The Hall–Kier alpha value is -2.39. The van der Waals surface area contributed by atoms with Crippen LogP contribution < -0.4 is 0 Å². The first-order chi connectivity index (χ1) is 14.8. The third kappa shape index (κ3) is 4.67. The average molecular weight is 403 g/mol. The van der Waals surface area contributed by atoms with Gasteiger partial charge in [0.2, 0.25) is 0 Å². The average Bonchev–Trinajstić information content (AvgIpc) is 3.16. The third-order valence-electron chi connectivity index (χ3n) is 6.60. The van der Waals surface area contributed by atoms with Gasteiger partial charge in [0.1, 0.15) is 0 Å². The first-order valence-electron chi connectivity index (χ1n) is 11.7. The van der Waals surface area contributed by atoms with E-state index in [1.807, 2.05) is 35.3 Å². The summed E-state index contributed by atoms with van der Waals surface area (Å²) in [5.41, 5.74) is 3.46. The molecule has 30 heavy (non-hydrogen) atoms. The van der Waals surface area contributed by atoms with Crippen LogP contribution >= 0.6 is 0 Å². The second kappa shape index (κ2) is 10.1. The van der Waals surface area contributed by atoms with Gasteiger partial charge in [0.05, 0.1) is 6.04 Å². The van der Waals surface area contributed by atoms with Crippen LogP contribution in [0.4, 0.5) is 0 Å². The second-order valence-corrected chi connectivity index (χ2v) is 8.75. The first-order valence-corrected chi connectivity index (χ1v) is 11.7. The minimum Gasteiger partial charge on any atom is -0.267 e. The van der Waals surface area contributed by atoms with Crippen molar-refractivity contribution in [3.8, 4) is 0 Å². The van der Waals surface area contributed by atoms with Crippen LogP contribution in [0.1, 0.15) is 74.2 Å². The van der Waals surface area contributed by atoms with Gasteiger partial charge in [-0.2, -0.15) is 0 Å². The first kappa shape index (κ1) is 20.9. The number of carbonyl (C=O) groups is 1. The lowest BCUT2D eigenvalue weighted by molar-refractivity contribution is -0.00931. The van der Waals surface area contributed by atoms with Gasteiger partial charge < -0.3 is 0 Å². The summed E-state index contributed by atoms with van der Waals surface area (Å²) >= 11 is 0. The lowest BCUT2D eigenvalue weighted by atomic mass is 9.80. The van der Waals surface area contributed by atoms with E-state index < -0.39 is 0 Å². The molecule has 2 aliphatic rings. The molecule has 1 saturated carbocycles. The SMILES string of the molecule is CCCCC1=CN(C(=O)c2ccccc2)N(Cc2ccccc2)[C@@H]1C1CCCCC1. The number of nitrogens with zero attached hydrogens (tertiary/aromatic N) is 2. The van der Waals surface area contributed by atoms with Crippen molar-refractivity contribution >= 4 is 5.91 Å². The highest BCUT2D eigenvalue weighted by Crippen LogP contribution is 2.39. The van der Waals surface area contributed by atoms with E-state index in [0.717, 1.165) is 18.5 Å². The van der Waals surface area contributed by atoms with E-state index in [9.17, 15) is 4.79 Å². The Balaban J connectivity index is 1.68. The normalized spacial score (nSPS) is 20.4. The fourth-order valence-corrected chi connectivity index (χ4v) is 5.06. The van der Waals surface area contributed by atoms with Crippen molar-refractivity contribution in [3.63, 3.8) is 0 Å². The maximum absolute atomic E-state index is 13.5. The number of hydrogen-bond acceptors (Lipinski definition) is 2. The summed E-state index contributed by atoms with van der Waals surface area (Å²) in [5, 5.41) is 4.30. The highest BCUT2D eigenvalue weighted by Gasteiger charge is 2.40. The van der Waals surface area contributed by atoms with Gasteiger partial charge in [-0.3, -0.25) is 4.79 Å². The maximum Gasteiger partial charge on any atom is 0.272 e. The van der Waals surface area contributed by atoms with E-state index in [1.165, 1.54) is 56.1 Å². The highest BCUT2D eigenvalue weighted by atomic mass is 16.2. The van der Waals surface area contributed by atoms with Gasteiger partial charge in [-0.05, 0) is 54.9 Å². The summed E-state index contributed by atoms with van der Waals surface area (Å²) in [6.45, 7) is 3.02. The van der Waals surface area contributed by atoms with E-state index >= 15 is 0 Å². The Labute approximate surface area is 181 Å². The van der Waals surface area contributed by atoms with Crippen LogP contribution in [0.5, 0.6) is 0 Å². The van der Waals surface area contributed by atoms with E-state index in [1.54, 1.807) is 0 Å². The molecule has 4 rings (SSSR count). The van der Waals surface area contributed by atoms with Crippen LogP contribution in [0.3, 0.4) is 0 Å². The molecule has 2 aromatic carbocycles. The van der Waals surface area contributed by atoms with Crippen molar-refractivity contribution in [2.24, 2.45) is 5.92 Å². The molecule has 1 aliphatic heterocycles. The van der Waals surface area contributed by atoms with Crippen LogP contribution in [-0.4, -0.2) is 22.0 Å². The zero-order valence-electron chi connectivity index (χ0n) is 18.2. The van der Waals surface area contributed by atoms with E-state index in [2.05, 4.69) is 48.5 Å². The lowest BCUT2D eigenvalue weighted by Gasteiger charge is -2.39. The van der Waals surface area contributed by atoms with Crippen LogP contribution in [0.15, 0.2) is 72.4 Å². The summed E-state index contributed by atoms with van der Waals surface area (Å²) in [6, 6.07) is 20.7. The molecule has 1 heterocycles. The Morgan fingerprint density at radius 3 is 2.27 bits per heavy atom. The summed E-state index contributed by atoms with van der Waals surface area (Å²) in [4.78, 5) is 13.5. The van der Waals surface area contributed by atoms with Gasteiger partial charge in [-0.15, -0.1) is 0 Å². The van der Waals surface area contributed by atoms with Crippen molar-refractivity contribution in [2.45, 2.75) is 70.9 Å². The molecular weight excluding hydrogens is 368 g/mol. The van der Waals surface area contributed by atoms with Crippen molar-refractivity contribution in [2.75, 3.05) is 0 Å². The third-order valence-corrected chi connectivity index (χ3v) is 6.60. The number of hydrazine groups is 1. The number of unbranched alkanes of at least 4 members (excludes halogenated alkanes) is 1. The molecule has 1 aliphatic carbocycles. The zero-order valence-corrected chi connectivity index (χ0v) is 18.2. The van der Waals surface area contributed by atoms with Gasteiger partial charge in [0, 0.05) is 18.3 Å². The lowest BCUT2D eigenvalue weighted by Crippen LogP contribution is -2.47. The number of rotatable bonds is 7. The zero-order chi connectivity index (χ0) is 20.8. The largest absolute Gasteiger partial charge is 0.272 e. The molecule has 1 fully saturated rings. The Morgan fingerprint density at radius 2 is 1.60 bits per heavy atom. The molecule has 1 amide bonds.